The molecule has 0 aliphatic heterocycles. The lowest BCUT2D eigenvalue weighted by Crippen LogP contribution is -2.31. The molecule has 10 nitrogen and oxygen atoms in total. The van der Waals surface area contributed by atoms with Gasteiger partial charge in [0.15, 0.2) is 0 Å². The molecule has 2 heterocycles. The minimum absolute atomic E-state index is 0.00806. The van der Waals surface area contributed by atoms with Crippen LogP contribution in [0.5, 0.6) is 5.75 Å². The Bertz CT molecular complexity index is 1260. The van der Waals surface area contributed by atoms with Crippen molar-refractivity contribution in [1.29, 1.82) is 0 Å². The molecule has 194 valence electrons. The van der Waals surface area contributed by atoms with Crippen LogP contribution in [-0.2, 0) is 26.2 Å². The van der Waals surface area contributed by atoms with Gasteiger partial charge in [0.2, 0.25) is 0 Å². The zero-order valence-electron chi connectivity index (χ0n) is 19.6. The summed E-state index contributed by atoms with van der Waals surface area (Å²) in [5, 5.41) is 4.35. The van der Waals surface area contributed by atoms with Gasteiger partial charge in [0.25, 0.3) is 10.0 Å². The van der Waals surface area contributed by atoms with Gasteiger partial charge in [-0.3, -0.25) is 4.72 Å². The number of anilines is 1. The molecule has 2 aromatic heterocycles. The van der Waals surface area contributed by atoms with Gasteiger partial charge < -0.3 is 14.2 Å². The quantitative estimate of drug-likeness (QED) is 0.363. The first kappa shape index (κ1) is 26.3. The van der Waals surface area contributed by atoms with E-state index in [1.54, 1.807) is 18.0 Å². The fraction of sp³-hybridized carbons (Fsp3) is 0.435. The molecule has 0 radical (unpaired) electrons. The van der Waals surface area contributed by atoms with Crippen LogP contribution in [0.25, 0.3) is 0 Å². The molecule has 0 spiro atoms. The number of methoxy groups -OCH3 is 1. The molecular formula is C23H27ClFN5O5S. The third-order valence-corrected chi connectivity index (χ3v) is 7.52. The average molecular weight is 540 g/mol. The summed E-state index contributed by atoms with van der Waals surface area (Å²) >= 11 is 6.37. The summed E-state index contributed by atoms with van der Waals surface area (Å²) in [5.41, 5.74) is 0.946. The van der Waals surface area contributed by atoms with Crippen molar-refractivity contribution >= 4 is 27.4 Å². The monoisotopic (exact) mass is 539 g/mol. The minimum Gasteiger partial charge on any atom is -0.488 e. The number of hydrogen-bond acceptors (Lipinski definition) is 8. The second-order valence-electron chi connectivity index (χ2n) is 8.25. The normalized spacial score (nSPS) is 18.2. The Labute approximate surface area is 213 Å². The van der Waals surface area contributed by atoms with Crippen LogP contribution in [0, 0.1) is 5.82 Å². The average Bonchev–Trinajstić information content (AvgIpc) is 3.33. The van der Waals surface area contributed by atoms with Crippen LogP contribution < -0.4 is 9.46 Å². The molecule has 0 saturated heterocycles. The highest BCUT2D eigenvalue weighted by Crippen LogP contribution is 2.38. The lowest BCUT2D eigenvalue weighted by atomic mass is 9.84. The number of aromatic nitrogens is 4. The van der Waals surface area contributed by atoms with E-state index in [0.717, 1.165) is 43.5 Å². The van der Waals surface area contributed by atoms with Crippen LogP contribution in [0.1, 0.15) is 37.3 Å². The fourth-order valence-electron chi connectivity index (χ4n) is 4.15. The van der Waals surface area contributed by atoms with Gasteiger partial charge in [0.05, 0.1) is 18.2 Å². The highest BCUT2D eigenvalue weighted by atomic mass is 35.5. The molecule has 1 fully saturated rings. The van der Waals surface area contributed by atoms with E-state index >= 15 is 0 Å². The van der Waals surface area contributed by atoms with Gasteiger partial charge in [0, 0.05) is 37.2 Å². The predicted molar refractivity (Wildman–Crippen MR) is 130 cm³/mol. The maximum Gasteiger partial charge on any atom is 0.266 e. The Morgan fingerprint density at radius 1 is 1.19 bits per heavy atom. The zero-order chi connectivity index (χ0) is 25.5. The zero-order valence-corrected chi connectivity index (χ0v) is 21.2. The maximum absolute atomic E-state index is 15.0. The van der Waals surface area contributed by atoms with Crippen LogP contribution >= 0.6 is 11.6 Å². The number of benzene rings is 1. The van der Waals surface area contributed by atoms with Crippen molar-refractivity contribution in [3.63, 3.8) is 0 Å². The van der Waals surface area contributed by atoms with E-state index in [0.29, 0.717) is 13.2 Å². The molecule has 0 amide bonds. The number of nitrogens with one attached hydrogen (secondary N) is 1. The van der Waals surface area contributed by atoms with E-state index in [2.05, 4.69) is 19.8 Å². The molecule has 1 aliphatic carbocycles. The summed E-state index contributed by atoms with van der Waals surface area (Å²) < 4.78 is 61.2. The molecule has 0 bridgehead atoms. The molecule has 1 saturated carbocycles. The summed E-state index contributed by atoms with van der Waals surface area (Å²) in [6.45, 7) is 1.20. The molecule has 1 aromatic carbocycles. The van der Waals surface area contributed by atoms with Gasteiger partial charge in [-0.15, -0.1) is 0 Å². The predicted octanol–water partition coefficient (Wildman–Crippen LogP) is 3.99. The van der Waals surface area contributed by atoms with Gasteiger partial charge in [-0.1, -0.05) is 18.0 Å². The number of halogens is 2. The second kappa shape index (κ2) is 12.0. The van der Waals surface area contributed by atoms with Gasteiger partial charge in [-0.25, -0.2) is 27.5 Å². The second-order valence-corrected chi connectivity index (χ2v) is 10.3. The minimum atomic E-state index is -4.27. The SMILES string of the molecule is COCCOCn1nccc1[C@@H]1CCCC[C@H]1Oc1cc(F)c(S(=O)(=O)Nc2ccncn2)cc1Cl. The number of nitrogens with zero attached hydrogens (tertiary/aromatic N) is 4. The molecule has 0 unspecified atom stereocenters. The van der Waals surface area contributed by atoms with Crippen LogP contribution in [0.15, 0.2) is 47.9 Å². The lowest BCUT2D eigenvalue weighted by Gasteiger charge is -2.32. The third-order valence-electron chi connectivity index (χ3n) is 5.85. The number of rotatable bonds is 11. The van der Waals surface area contributed by atoms with Crippen molar-refractivity contribution in [2.24, 2.45) is 0 Å². The number of hydrogen-bond donors (Lipinski definition) is 1. The molecule has 13 heteroatoms. The van der Waals surface area contributed by atoms with E-state index in [9.17, 15) is 12.8 Å². The third kappa shape index (κ3) is 6.30. The summed E-state index contributed by atoms with van der Waals surface area (Å²) in [6.07, 6.45) is 7.48. The van der Waals surface area contributed by atoms with E-state index in [1.807, 2.05) is 6.07 Å². The largest absolute Gasteiger partial charge is 0.488 e. The Morgan fingerprint density at radius 2 is 2.03 bits per heavy atom. The topological polar surface area (TPSA) is 117 Å². The highest BCUT2D eigenvalue weighted by molar-refractivity contribution is 7.92. The fourth-order valence-corrected chi connectivity index (χ4v) is 5.52. The molecular weight excluding hydrogens is 513 g/mol. The standard InChI is InChI=1S/C23H27ClFN5O5S/c1-33-10-11-34-15-30-19(6-9-28-30)16-4-2-3-5-20(16)35-21-13-18(25)22(12-17(21)24)36(31,32)29-23-7-8-26-14-27-23/h6-9,12-14,16,20H,2-5,10-11,15H2,1H3,(H,26,27,29)/t16-,20+/m0/s1. The number of ether oxygens (including phenoxy) is 3. The van der Waals surface area contributed by atoms with Gasteiger partial charge in [-0.2, -0.15) is 5.10 Å². The van der Waals surface area contributed by atoms with Crippen molar-refractivity contribution in [2.45, 2.75) is 49.3 Å². The van der Waals surface area contributed by atoms with E-state index in [1.165, 1.54) is 18.6 Å². The van der Waals surface area contributed by atoms with Crippen LogP contribution in [0.4, 0.5) is 10.2 Å². The first-order valence-corrected chi connectivity index (χ1v) is 13.3. The van der Waals surface area contributed by atoms with Crippen molar-refractivity contribution in [2.75, 3.05) is 25.0 Å². The van der Waals surface area contributed by atoms with E-state index in [4.69, 9.17) is 25.8 Å². The van der Waals surface area contributed by atoms with Gasteiger partial charge in [-0.05, 0) is 37.5 Å². The molecule has 36 heavy (non-hydrogen) atoms. The van der Waals surface area contributed by atoms with Crippen molar-refractivity contribution in [1.82, 2.24) is 19.7 Å². The van der Waals surface area contributed by atoms with Crippen LogP contribution in [0.3, 0.4) is 0 Å². The van der Waals surface area contributed by atoms with Gasteiger partial charge >= 0.3 is 0 Å². The summed E-state index contributed by atoms with van der Waals surface area (Å²) in [4.78, 5) is 6.92. The molecule has 3 aromatic rings. The Hall–Kier alpha value is -2.80. The highest BCUT2D eigenvalue weighted by Gasteiger charge is 2.32. The maximum atomic E-state index is 15.0. The molecule has 4 rings (SSSR count). The van der Waals surface area contributed by atoms with Crippen LogP contribution in [0.2, 0.25) is 5.02 Å². The van der Waals surface area contributed by atoms with E-state index in [-0.39, 0.29) is 35.3 Å². The summed E-state index contributed by atoms with van der Waals surface area (Å²) in [7, 11) is -2.66. The summed E-state index contributed by atoms with van der Waals surface area (Å²) in [5.74, 6) is -0.919. The van der Waals surface area contributed by atoms with Crippen molar-refractivity contribution in [3.05, 3.63) is 59.5 Å². The first-order chi connectivity index (χ1) is 17.4. The van der Waals surface area contributed by atoms with E-state index < -0.39 is 20.7 Å². The molecule has 1 N–H and O–H groups in total. The first-order valence-electron chi connectivity index (χ1n) is 11.4. The van der Waals surface area contributed by atoms with Crippen molar-refractivity contribution < 1.29 is 27.0 Å². The Morgan fingerprint density at radius 3 is 2.81 bits per heavy atom. The Kier molecular flexibility index (Phi) is 8.72. The van der Waals surface area contributed by atoms with Crippen LogP contribution in [-0.4, -0.2) is 54.6 Å². The Balaban J connectivity index is 1.52. The van der Waals surface area contributed by atoms with Crippen molar-refractivity contribution in [3.8, 4) is 5.75 Å². The lowest BCUT2D eigenvalue weighted by molar-refractivity contribution is 0.0250. The number of sulfonamides is 1. The molecule has 2 atom stereocenters. The van der Waals surface area contributed by atoms with Gasteiger partial charge in [0.1, 0.15) is 41.4 Å². The smallest absolute Gasteiger partial charge is 0.266 e. The summed E-state index contributed by atoms with van der Waals surface area (Å²) in [6, 6.07) is 5.32. The molecule has 1 aliphatic rings.